The molecule has 3 atom stereocenters. The number of fused-ring (bicyclic) bond motifs is 3. The van der Waals surface area contributed by atoms with Gasteiger partial charge in [0.05, 0.1) is 24.3 Å². The average Bonchev–Trinajstić information content (AvgIpc) is 3.50. The number of aliphatic hydroxyl groups is 2. The number of phenols is 1. The molecule has 6 rings (SSSR count). The van der Waals surface area contributed by atoms with Crippen LogP contribution in [0, 0.1) is 17.8 Å². The lowest BCUT2D eigenvalue weighted by Crippen LogP contribution is -2.43. The van der Waals surface area contributed by atoms with Crippen molar-refractivity contribution in [1.29, 1.82) is 0 Å². The van der Waals surface area contributed by atoms with Crippen molar-refractivity contribution in [2.45, 2.75) is 39.2 Å². The number of allylic oxidation sites excluding steroid dienone is 3. The molecule has 3 aliphatic rings. The molecule has 1 heterocycles. The van der Waals surface area contributed by atoms with Crippen LogP contribution in [0.5, 0.6) is 11.5 Å². The summed E-state index contributed by atoms with van der Waals surface area (Å²) in [4.78, 5) is 80.7. The summed E-state index contributed by atoms with van der Waals surface area (Å²) in [5, 5.41) is 35.9. The van der Waals surface area contributed by atoms with Gasteiger partial charge in [-0.3, -0.25) is 24.1 Å². The molecule has 0 spiro atoms. The predicted octanol–water partition coefficient (Wildman–Crippen LogP) is 3.74. The Bertz CT molecular complexity index is 2210. The SMILES string of the molecule is CCCN(CC(=O)Nc1cc(N(C)C)c2c(c1O)C(=O)C1=C(O)C3C(=O)C(C(N)=O)=C(O)CC3CC1C2)C(=O)OCc1oc(=O)oc1-c1ccc(OC)cc1. The second-order valence-electron chi connectivity index (χ2n) is 13.8. The third kappa shape index (κ3) is 7.12. The fraction of sp³-hybridized carbons (Fsp3) is 0.368. The van der Waals surface area contributed by atoms with Crippen LogP contribution in [0.25, 0.3) is 11.3 Å². The molecule has 55 heavy (non-hydrogen) atoms. The molecule has 290 valence electrons. The topological polar surface area (TPSA) is 252 Å². The van der Waals surface area contributed by atoms with Gasteiger partial charge < -0.3 is 49.6 Å². The average molecular weight is 761 g/mol. The van der Waals surface area contributed by atoms with Crippen molar-refractivity contribution in [1.82, 2.24) is 4.90 Å². The molecule has 3 unspecified atom stereocenters. The Hall–Kier alpha value is -6.52. The first-order valence-corrected chi connectivity index (χ1v) is 17.4. The van der Waals surface area contributed by atoms with Crippen LogP contribution in [0.15, 0.2) is 66.6 Å². The van der Waals surface area contributed by atoms with E-state index in [1.54, 1.807) is 50.2 Å². The first-order valence-electron chi connectivity index (χ1n) is 17.4. The number of ketones is 2. The zero-order valence-electron chi connectivity index (χ0n) is 30.5. The number of hydrogen-bond acceptors (Lipinski definition) is 14. The van der Waals surface area contributed by atoms with Crippen LogP contribution in [0.2, 0.25) is 0 Å². The molecule has 17 heteroatoms. The van der Waals surface area contributed by atoms with E-state index in [-0.39, 0.29) is 54.2 Å². The van der Waals surface area contributed by atoms with E-state index in [0.717, 1.165) is 4.90 Å². The van der Waals surface area contributed by atoms with E-state index in [1.807, 2.05) is 0 Å². The monoisotopic (exact) mass is 760 g/mol. The minimum atomic E-state index is -1.28. The summed E-state index contributed by atoms with van der Waals surface area (Å²) in [6.07, 6.45) is -0.170. The standard InChI is InChI=1S/C38H40N4O13/c1-5-10-42(37(50)53-16-25-35(55-38(51)54-25)17-6-8-20(52-4)9-7-17)15-26(44)40-22-14-23(41(2)3)21-12-18-11-19-13-24(43)30(36(39)49)34(48)28(19)32(46)27(18)33(47)29(21)31(22)45/h6-9,14,18-19,28,43,45-46H,5,10-13,15-16H2,1-4H3,(H2,39,49)(H,40,44). The van der Waals surface area contributed by atoms with Gasteiger partial charge in [-0.25, -0.2) is 9.59 Å². The fourth-order valence-corrected chi connectivity index (χ4v) is 7.63. The van der Waals surface area contributed by atoms with Crippen molar-refractivity contribution in [3.63, 3.8) is 0 Å². The molecule has 0 saturated carbocycles. The van der Waals surface area contributed by atoms with Gasteiger partial charge >= 0.3 is 11.9 Å². The van der Waals surface area contributed by atoms with Crippen molar-refractivity contribution >= 4 is 40.8 Å². The number of Topliss-reactive ketones (excluding diaryl/α,β-unsaturated/α-hetero) is 2. The third-order valence-corrected chi connectivity index (χ3v) is 10.0. The molecule has 6 N–H and O–H groups in total. The molecule has 1 aromatic heterocycles. The highest BCUT2D eigenvalue weighted by Gasteiger charge is 2.50. The highest BCUT2D eigenvalue weighted by Crippen LogP contribution is 2.51. The Morgan fingerprint density at radius 1 is 1.04 bits per heavy atom. The number of hydrogen-bond donors (Lipinski definition) is 5. The molecule has 0 radical (unpaired) electrons. The summed E-state index contributed by atoms with van der Waals surface area (Å²) in [5.41, 5.74) is 5.67. The number of rotatable bonds is 11. The van der Waals surface area contributed by atoms with Gasteiger partial charge in [-0.15, -0.1) is 0 Å². The maximum absolute atomic E-state index is 14.2. The largest absolute Gasteiger partial charge is 0.519 e. The van der Waals surface area contributed by atoms with Crippen LogP contribution >= 0.6 is 0 Å². The number of aromatic hydroxyl groups is 1. The number of methoxy groups -OCH3 is 1. The number of primary amides is 1. The third-order valence-electron chi connectivity index (χ3n) is 10.0. The van der Waals surface area contributed by atoms with Crippen molar-refractivity contribution < 1.29 is 57.6 Å². The fourth-order valence-electron chi connectivity index (χ4n) is 7.63. The van der Waals surface area contributed by atoms with Gasteiger partial charge in [0.2, 0.25) is 5.91 Å². The van der Waals surface area contributed by atoms with E-state index in [0.29, 0.717) is 29.0 Å². The molecule has 0 aliphatic heterocycles. The summed E-state index contributed by atoms with van der Waals surface area (Å²) >= 11 is 0. The van der Waals surface area contributed by atoms with Gasteiger partial charge in [0, 0.05) is 43.9 Å². The normalized spacial score (nSPS) is 18.9. The highest BCUT2D eigenvalue weighted by atomic mass is 16.6. The van der Waals surface area contributed by atoms with Crippen LogP contribution in [0.3, 0.4) is 0 Å². The molecular formula is C38H40N4O13. The van der Waals surface area contributed by atoms with Crippen LogP contribution in [-0.2, 0) is 32.1 Å². The number of ether oxygens (including phenoxy) is 2. The smallest absolute Gasteiger partial charge is 0.511 e. The minimum Gasteiger partial charge on any atom is -0.511 e. The Morgan fingerprint density at radius 2 is 1.75 bits per heavy atom. The zero-order chi connectivity index (χ0) is 39.9. The van der Waals surface area contributed by atoms with Gasteiger partial charge in [0.15, 0.2) is 35.4 Å². The van der Waals surface area contributed by atoms with Crippen LogP contribution in [0.4, 0.5) is 16.2 Å². The van der Waals surface area contributed by atoms with Gasteiger partial charge in [0.25, 0.3) is 5.91 Å². The minimum absolute atomic E-state index is 0.0506. The van der Waals surface area contributed by atoms with E-state index < -0.39 is 89.0 Å². The molecule has 3 aromatic rings. The Labute approximate surface area is 313 Å². The van der Waals surface area contributed by atoms with E-state index in [4.69, 9.17) is 24.0 Å². The number of carbonyl (C=O) groups is 5. The number of nitrogens with zero attached hydrogens (tertiary/aromatic N) is 2. The summed E-state index contributed by atoms with van der Waals surface area (Å²) in [6.45, 7) is 0.839. The van der Waals surface area contributed by atoms with Crippen LogP contribution < -0.4 is 26.5 Å². The maximum atomic E-state index is 14.2. The van der Waals surface area contributed by atoms with Crippen LogP contribution in [-0.4, -0.2) is 84.0 Å². The zero-order valence-corrected chi connectivity index (χ0v) is 30.5. The highest BCUT2D eigenvalue weighted by molar-refractivity contribution is 6.22. The second kappa shape index (κ2) is 15.1. The van der Waals surface area contributed by atoms with Gasteiger partial charge in [-0.2, -0.15) is 0 Å². The lowest BCUT2D eigenvalue weighted by molar-refractivity contribution is -0.126. The Balaban J connectivity index is 1.22. The van der Waals surface area contributed by atoms with E-state index in [2.05, 4.69) is 5.32 Å². The summed E-state index contributed by atoms with van der Waals surface area (Å²) < 4.78 is 20.8. The number of nitrogens with two attached hydrogens (primary N) is 1. The van der Waals surface area contributed by atoms with Crippen molar-refractivity contribution in [2.75, 3.05) is 44.5 Å². The number of aliphatic hydroxyl groups excluding tert-OH is 2. The predicted molar refractivity (Wildman–Crippen MR) is 194 cm³/mol. The number of phenolic OH excluding ortho intramolecular Hbond substituents is 1. The Kier molecular flexibility index (Phi) is 10.5. The van der Waals surface area contributed by atoms with Crippen LogP contribution in [0.1, 0.15) is 47.9 Å². The lowest BCUT2D eigenvalue weighted by Gasteiger charge is -2.41. The molecule has 0 fully saturated rings. The van der Waals surface area contributed by atoms with Gasteiger partial charge in [-0.1, -0.05) is 6.92 Å². The lowest BCUT2D eigenvalue weighted by atomic mass is 9.62. The van der Waals surface area contributed by atoms with Crippen molar-refractivity contribution in [3.8, 4) is 22.8 Å². The summed E-state index contributed by atoms with van der Waals surface area (Å²) in [5.74, 6) is -8.04. The van der Waals surface area contributed by atoms with Gasteiger partial charge in [0.1, 0.15) is 29.4 Å². The molecule has 3 aliphatic carbocycles. The van der Waals surface area contributed by atoms with E-state index >= 15 is 0 Å². The maximum Gasteiger partial charge on any atom is 0.519 e. The molecule has 17 nitrogen and oxygen atoms in total. The summed E-state index contributed by atoms with van der Waals surface area (Å²) in [6, 6.07) is 8.03. The molecule has 2 aromatic carbocycles. The molecular weight excluding hydrogens is 720 g/mol. The van der Waals surface area contributed by atoms with Crippen molar-refractivity contribution in [2.24, 2.45) is 23.5 Å². The number of anilines is 2. The molecule has 3 amide bonds. The number of amides is 3. The van der Waals surface area contributed by atoms with Gasteiger partial charge in [-0.05, 0) is 67.0 Å². The second-order valence-corrected chi connectivity index (χ2v) is 13.8. The molecule has 0 saturated heterocycles. The number of nitrogens with one attached hydrogen (secondary N) is 1. The van der Waals surface area contributed by atoms with E-state index in [1.165, 1.54) is 13.2 Å². The number of benzene rings is 2. The first kappa shape index (κ1) is 38.2. The first-order chi connectivity index (χ1) is 26.1. The Morgan fingerprint density at radius 3 is 2.38 bits per heavy atom. The summed E-state index contributed by atoms with van der Waals surface area (Å²) in [7, 11) is 4.91. The number of carbonyl (C=O) groups excluding carboxylic acids is 5. The van der Waals surface area contributed by atoms with Crippen molar-refractivity contribution in [3.05, 3.63) is 80.5 Å². The molecule has 0 bridgehead atoms. The quantitative estimate of drug-likeness (QED) is 0.138. The van der Waals surface area contributed by atoms with E-state index in [9.17, 15) is 44.1 Å².